The van der Waals surface area contributed by atoms with Crippen LogP contribution in [0.2, 0.25) is 0 Å². The predicted octanol–water partition coefficient (Wildman–Crippen LogP) is 4.11. The van der Waals surface area contributed by atoms with Gasteiger partial charge in [-0.15, -0.1) is 0 Å². The monoisotopic (exact) mass is 496 g/mol. The van der Waals surface area contributed by atoms with Crippen molar-refractivity contribution in [1.82, 2.24) is 19.2 Å². The van der Waals surface area contributed by atoms with E-state index in [4.69, 9.17) is 0 Å². The van der Waals surface area contributed by atoms with Gasteiger partial charge < -0.3 is 20.1 Å². The van der Waals surface area contributed by atoms with Gasteiger partial charge in [0.1, 0.15) is 5.56 Å². The Hall–Kier alpha value is -4.66. The first-order chi connectivity index (χ1) is 18.0. The van der Waals surface area contributed by atoms with Crippen LogP contribution in [0.3, 0.4) is 0 Å². The average Bonchev–Trinajstić information content (AvgIpc) is 3.60. The predicted molar refractivity (Wildman–Crippen MR) is 141 cm³/mol. The molecule has 1 fully saturated rings. The summed E-state index contributed by atoms with van der Waals surface area (Å²) in [4.78, 5) is 39.7. The van der Waals surface area contributed by atoms with Gasteiger partial charge in [-0.2, -0.15) is 5.10 Å². The van der Waals surface area contributed by atoms with Gasteiger partial charge in [0.25, 0.3) is 5.91 Å². The Balaban J connectivity index is 1.33. The molecule has 0 unspecified atom stereocenters. The van der Waals surface area contributed by atoms with Crippen LogP contribution in [0.25, 0.3) is 11.5 Å². The minimum Gasteiger partial charge on any atom is -0.338 e. The average molecular weight is 497 g/mol. The Kier molecular flexibility index (Phi) is 6.85. The van der Waals surface area contributed by atoms with Crippen molar-refractivity contribution in [1.29, 1.82) is 0 Å². The zero-order valence-corrected chi connectivity index (χ0v) is 20.5. The number of rotatable bonds is 6. The van der Waals surface area contributed by atoms with Crippen LogP contribution < -0.4 is 10.6 Å². The second-order valence-corrected chi connectivity index (χ2v) is 9.06. The lowest BCUT2D eigenvalue weighted by Gasteiger charge is -2.32. The fourth-order valence-electron chi connectivity index (χ4n) is 4.61. The third kappa shape index (κ3) is 5.30. The summed E-state index contributed by atoms with van der Waals surface area (Å²) in [5.41, 5.74) is 2.64. The molecule has 1 saturated heterocycles. The van der Waals surface area contributed by atoms with Crippen molar-refractivity contribution in [2.45, 2.75) is 19.8 Å². The number of nitrogens with zero attached hydrogens (tertiary/aromatic N) is 4. The van der Waals surface area contributed by atoms with Crippen LogP contribution >= 0.6 is 0 Å². The largest absolute Gasteiger partial charge is 0.338 e. The summed E-state index contributed by atoms with van der Waals surface area (Å²) in [5, 5.41) is 10.2. The molecular weight excluding hydrogens is 468 g/mol. The van der Waals surface area contributed by atoms with Gasteiger partial charge in [-0.3, -0.25) is 14.4 Å². The first-order valence-electron chi connectivity index (χ1n) is 12.2. The zero-order chi connectivity index (χ0) is 25.8. The molecule has 2 aromatic carbocycles. The quantitative estimate of drug-likeness (QED) is 0.419. The minimum atomic E-state index is -0.327. The van der Waals surface area contributed by atoms with E-state index in [0.717, 1.165) is 12.1 Å². The molecule has 0 saturated carbocycles. The van der Waals surface area contributed by atoms with Gasteiger partial charge in [0.2, 0.25) is 11.8 Å². The summed E-state index contributed by atoms with van der Waals surface area (Å²) in [6, 6.07) is 20.5. The topological polar surface area (TPSA) is 101 Å². The Bertz CT molecular complexity index is 1390. The number of hydrogen-bond acceptors (Lipinski definition) is 4. The van der Waals surface area contributed by atoms with E-state index >= 15 is 0 Å². The molecule has 3 amide bonds. The first-order valence-corrected chi connectivity index (χ1v) is 12.2. The number of para-hydroxylation sites is 1. The van der Waals surface area contributed by atoms with Gasteiger partial charge in [-0.25, -0.2) is 4.68 Å². The van der Waals surface area contributed by atoms with Crippen LogP contribution in [0.1, 0.15) is 30.1 Å². The third-order valence-corrected chi connectivity index (χ3v) is 6.38. The molecule has 9 nitrogen and oxygen atoms in total. The highest BCUT2D eigenvalue weighted by Crippen LogP contribution is 2.25. The number of carbonyl (C=O) groups excluding carboxylic acids is 3. The van der Waals surface area contributed by atoms with E-state index in [1.807, 2.05) is 59.4 Å². The number of likely N-dealkylation sites (tertiary alicyclic amines) is 1. The number of hydrogen-bond donors (Lipinski definition) is 2. The summed E-state index contributed by atoms with van der Waals surface area (Å²) >= 11 is 0. The molecule has 5 rings (SSSR count). The molecule has 188 valence electrons. The summed E-state index contributed by atoms with van der Waals surface area (Å²) in [6.07, 6.45) is 6.81. The molecule has 37 heavy (non-hydrogen) atoms. The fourth-order valence-corrected chi connectivity index (χ4v) is 4.61. The Morgan fingerprint density at radius 3 is 2.24 bits per heavy atom. The molecule has 1 aliphatic rings. The highest BCUT2D eigenvalue weighted by Gasteiger charge is 2.31. The molecule has 0 aliphatic carbocycles. The summed E-state index contributed by atoms with van der Waals surface area (Å²) in [7, 11) is 0. The molecule has 1 aliphatic heterocycles. The molecule has 9 heteroatoms. The molecule has 2 aromatic heterocycles. The van der Waals surface area contributed by atoms with Crippen LogP contribution in [0.15, 0.2) is 85.3 Å². The van der Waals surface area contributed by atoms with Crippen molar-refractivity contribution in [2.75, 3.05) is 23.7 Å². The van der Waals surface area contributed by atoms with Gasteiger partial charge >= 0.3 is 0 Å². The zero-order valence-electron chi connectivity index (χ0n) is 20.5. The SMILES string of the molecule is CC(=O)Nc1ccc(NC(=O)[C@@H]2CCCN(C(=O)c3cnn(-c4ccccc4)c3-n3cccc3)C2)cc1. The van der Waals surface area contributed by atoms with Gasteiger partial charge in [-0.05, 0) is 61.4 Å². The highest BCUT2D eigenvalue weighted by molar-refractivity contribution is 5.98. The van der Waals surface area contributed by atoms with E-state index in [1.165, 1.54) is 6.92 Å². The molecule has 4 aromatic rings. The van der Waals surface area contributed by atoms with E-state index < -0.39 is 0 Å². The molecule has 0 radical (unpaired) electrons. The van der Waals surface area contributed by atoms with Crippen LogP contribution in [-0.2, 0) is 9.59 Å². The number of carbonyl (C=O) groups is 3. The number of anilines is 2. The highest BCUT2D eigenvalue weighted by atomic mass is 16.2. The normalized spacial score (nSPS) is 15.3. The minimum absolute atomic E-state index is 0.129. The molecule has 0 spiro atoms. The van der Waals surface area contributed by atoms with Gasteiger partial charge in [0.15, 0.2) is 5.82 Å². The summed E-state index contributed by atoms with van der Waals surface area (Å²) in [6.45, 7) is 2.35. The maximum Gasteiger partial charge on any atom is 0.259 e. The lowest BCUT2D eigenvalue weighted by Crippen LogP contribution is -2.44. The standard InChI is InChI=1S/C28H28N6O3/c1-20(35)30-22-11-13-23(14-12-22)31-26(36)21-8-7-17-33(19-21)28(37)25-18-29-34(24-9-3-2-4-10-24)27(25)32-15-5-6-16-32/h2-6,9-16,18,21H,7-8,17,19H2,1H3,(H,30,35)(H,31,36)/t21-/m1/s1. The number of nitrogens with one attached hydrogen (secondary N) is 2. The van der Waals surface area contributed by atoms with Gasteiger partial charge in [-0.1, -0.05) is 18.2 Å². The number of aromatic nitrogens is 3. The van der Waals surface area contributed by atoms with Crippen molar-refractivity contribution in [3.8, 4) is 11.5 Å². The van der Waals surface area contributed by atoms with E-state index in [9.17, 15) is 14.4 Å². The first kappa shape index (κ1) is 24.1. The molecule has 0 bridgehead atoms. The van der Waals surface area contributed by atoms with Crippen molar-refractivity contribution < 1.29 is 14.4 Å². The van der Waals surface area contributed by atoms with Crippen molar-refractivity contribution in [3.63, 3.8) is 0 Å². The molecule has 3 heterocycles. The maximum atomic E-state index is 13.7. The lowest BCUT2D eigenvalue weighted by atomic mass is 9.96. The smallest absolute Gasteiger partial charge is 0.259 e. The van der Waals surface area contributed by atoms with Crippen LogP contribution in [0, 0.1) is 5.92 Å². The van der Waals surface area contributed by atoms with Crippen molar-refractivity contribution >= 4 is 29.1 Å². The number of benzene rings is 2. The molecule has 2 N–H and O–H groups in total. The lowest BCUT2D eigenvalue weighted by molar-refractivity contribution is -0.121. The molecular formula is C28H28N6O3. The van der Waals surface area contributed by atoms with Gasteiger partial charge in [0.05, 0.1) is 17.8 Å². The van der Waals surface area contributed by atoms with E-state index in [-0.39, 0.29) is 23.6 Å². The Labute approximate surface area is 214 Å². The van der Waals surface area contributed by atoms with E-state index in [2.05, 4.69) is 15.7 Å². The summed E-state index contributed by atoms with van der Waals surface area (Å²) < 4.78 is 3.64. The number of piperidine rings is 1. The second kappa shape index (κ2) is 10.5. The Morgan fingerprint density at radius 2 is 1.57 bits per heavy atom. The Morgan fingerprint density at radius 1 is 0.892 bits per heavy atom. The van der Waals surface area contributed by atoms with Crippen LogP contribution in [0.4, 0.5) is 11.4 Å². The maximum absolute atomic E-state index is 13.7. The summed E-state index contributed by atoms with van der Waals surface area (Å²) in [5.74, 6) is -0.102. The third-order valence-electron chi connectivity index (χ3n) is 6.38. The second-order valence-electron chi connectivity index (χ2n) is 9.06. The number of amides is 3. The van der Waals surface area contributed by atoms with E-state index in [1.54, 1.807) is 40.0 Å². The molecule has 1 atom stereocenters. The van der Waals surface area contributed by atoms with Crippen molar-refractivity contribution in [2.24, 2.45) is 5.92 Å². The van der Waals surface area contributed by atoms with Crippen LogP contribution in [0.5, 0.6) is 0 Å². The van der Waals surface area contributed by atoms with Gasteiger partial charge in [0, 0.05) is 43.8 Å². The fraction of sp³-hybridized carbons (Fsp3) is 0.214. The van der Waals surface area contributed by atoms with E-state index in [0.29, 0.717) is 42.3 Å². The van der Waals surface area contributed by atoms with Crippen molar-refractivity contribution in [3.05, 3.63) is 90.9 Å². The van der Waals surface area contributed by atoms with Crippen LogP contribution in [-0.4, -0.2) is 50.1 Å².